The van der Waals surface area contributed by atoms with E-state index in [4.69, 9.17) is 10.5 Å². The van der Waals surface area contributed by atoms with Gasteiger partial charge in [0.2, 0.25) is 5.91 Å². The zero-order valence-electron chi connectivity index (χ0n) is 11.3. The van der Waals surface area contributed by atoms with E-state index >= 15 is 0 Å². The van der Waals surface area contributed by atoms with Gasteiger partial charge in [-0.1, -0.05) is 15.9 Å². The van der Waals surface area contributed by atoms with Crippen molar-refractivity contribution in [3.8, 4) is 0 Å². The average molecular weight is 406 g/mol. The molecule has 0 unspecified atom stereocenters. The van der Waals surface area contributed by atoms with Crippen LogP contribution in [0.1, 0.15) is 26.2 Å². The van der Waals surface area contributed by atoms with Crippen LogP contribution in [0, 0.1) is 5.92 Å². The fourth-order valence-electron chi connectivity index (χ4n) is 2.39. The lowest BCUT2D eigenvalue weighted by atomic mass is 9.80. The average Bonchev–Trinajstić information content (AvgIpc) is 2.31. The lowest BCUT2D eigenvalue weighted by Gasteiger charge is -2.34. The molecule has 1 aromatic rings. The molecule has 1 saturated carbocycles. The summed E-state index contributed by atoms with van der Waals surface area (Å²) in [7, 11) is 0. The number of amides is 1. The van der Waals surface area contributed by atoms with Gasteiger partial charge in [0.05, 0.1) is 17.5 Å². The molecule has 1 aliphatic rings. The molecule has 0 atom stereocenters. The van der Waals surface area contributed by atoms with Crippen LogP contribution < -0.4 is 11.1 Å². The Bertz CT molecular complexity index is 479. The quantitative estimate of drug-likeness (QED) is 0.729. The summed E-state index contributed by atoms with van der Waals surface area (Å²) in [5.41, 5.74) is 7.09. The monoisotopic (exact) mass is 404 g/mol. The van der Waals surface area contributed by atoms with Gasteiger partial charge in [-0.25, -0.2) is 0 Å². The fourth-order valence-corrected chi connectivity index (χ4v) is 3.75. The van der Waals surface area contributed by atoms with Crippen molar-refractivity contribution >= 4 is 49.1 Å². The molecular weight excluding hydrogens is 388 g/mol. The van der Waals surface area contributed by atoms with Crippen LogP contribution in [0.3, 0.4) is 0 Å². The first-order valence-electron chi connectivity index (χ1n) is 6.65. The van der Waals surface area contributed by atoms with Gasteiger partial charge in [0.15, 0.2) is 0 Å². The molecule has 0 spiro atoms. The number of nitrogens with two attached hydrogens (primary N) is 1. The van der Waals surface area contributed by atoms with Gasteiger partial charge in [0.1, 0.15) is 0 Å². The highest BCUT2D eigenvalue weighted by molar-refractivity contribution is 9.11. The summed E-state index contributed by atoms with van der Waals surface area (Å²) in [6.45, 7) is 2.74. The van der Waals surface area contributed by atoms with E-state index in [1.807, 2.05) is 13.0 Å². The summed E-state index contributed by atoms with van der Waals surface area (Å²) in [5.74, 6) is 0.418. The maximum atomic E-state index is 12.0. The fraction of sp³-hybridized carbons (Fsp3) is 0.500. The minimum absolute atomic E-state index is 0.000305. The maximum Gasteiger partial charge on any atom is 0.224 e. The Labute approximate surface area is 135 Å². The van der Waals surface area contributed by atoms with Gasteiger partial charge >= 0.3 is 0 Å². The third-order valence-electron chi connectivity index (χ3n) is 3.42. The minimum Gasteiger partial charge on any atom is -0.397 e. The number of carbonyl (C=O) groups is 1. The molecule has 0 aromatic heterocycles. The summed E-state index contributed by atoms with van der Waals surface area (Å²) in [4.78, 5) is 12.0. The Morgan fingerprint density at radius 3 is 2.75 bits per heavy atom. The molecule has 20 heavy (non-hydrogen) atoms. The van der Waals surface area contributed by atoms with Gasteiger partial charge < -0.3 is 15.8 Å². The second-order valence-corrected chi connectivity index (χ2v) is 6.79. The molecule has 1 aliphatic carbocycles. The Morgan fingerprint density at radius 1 is 1.45 bits per heavy atom. The molecule has 0 bridgehead atoms. The van der Waals surface area contributed by atoms with Gasteiger partial charge in [0.25, 0.3) is 0 Å². The van der Waals surface area contributed by atoms with E-state index in [1.165, 1.54) is 0 Å². The second kappa shape index (κ2) is 6.91. The van der Waals surface area contributed by atoms with E-state index in [2.05, 4.69) is 37.2 Å². The summed E-state index contributed by atoms with van der Waals surface area (Å²) in [5, 5.41) is 2.88. The number of halogens is 2. The zero-order chi connectivity index (χ0) is 14.7. The normalized spacial score (nSPS) is 21.4. The van der Waals surface area contributed by atoms with E-state index in [0.717, 1.165) is 28.4 Å². The molecule has 6 heteroatoms. The number of benzene rings is 1. The van der Waals surface area contributed by atoms with Crippen LogP contribution in [0.5, 0.6) is 0 Å². The first-order chi connectivity index (χ1) is 9.49. The number of nitrogen functional groups attached to an aromatic ring is 1. The number of hydrogen-bond donors (Lipinski definition) is 2. The SMILES string of the molecule is CCOC1CC(CC(=O)Nc2c(N)cc(Br)cc2Br)C1. The van der Waals surface area contributed by atoms with E-state index in [1.54, 1.807) is 6.07 Å². The van der Waals surface area contributed by atoms with Crippen molar-refractivity contribution in [2.45, 2.75) is 32.3 Å². The van der Waals surface area contributed by atoms with Gasteiger partial charge in [0, 0.05) is 22.0 Å². The van der Waals surface area contributed by atoms with Gasteiger partial charge in [-0.15, -0.1) is 0 Å². The topological polar surface area (TPSA) is 64.3 Å². The molecule has 110 valence electrons. The summed E-state index contributed by atoms with van der Waals surface area (Å²) in [6, 6.07) is 3.63. The van der Waals surface area contributed by atoms with Crippen molar-refractivity contribution in [2.24, 2.45) is 5.92 Å². The number of nitrogens with one attached hydrogen (secondary N) is 1. The lowest BCUT2D eigenvalue weighted by Crippen LogP contribution is -2.34. The van der Waals surface area contributed by atoms with Crippen LogP contribution in [-0.2, 0) is 9.53 Å². The Morgan fingerprint density at radius 2 is 2.15 bits per heavy atom. The van der Waals surface area contributed by atoms with Crippen molar-refractivity contribution in [1.82, 2.24) is 0 Å². The molecule has 0 saturated heterocycles. The standard InChI is InChI=1S/C14H18Br2N2O2/c1-2-20-10-3-8(4-10)5-13(19)18-14-11(16)6-9(15)7-12(14)17/h6-8,10H,2-5,17H2,1H3,(H,18,19). The van der Waals surface area contributed by atoms with Crippen LogP contribution in [0.15, 0.2) is 21.1 Å². The van der Waals surface area contributed by atoms with Gasteiger partial charge in [-0.2, -0.15) is 0 Å². The predicted molar refractivity (Wildman–Crippen MR) is 87.6 cm³/mol. The summed E-state index contributed by atoms with van der Waals surface area (Å²) in [6.07, 6.45) is 2.80. The third-order valence-corrected chi connectivity index (χ3v) is 4.50. The van der Waals surface area contributed by atoms with E-state index < -0.39 is 0 Å². The van der Waals surface area contributed by atoms with Gasteiger partial charge in [-0.05, 0) is 53.7 Å². The summed E-state index contributed by atoms with van der Waals surface area (Å²) >= 11 is 6.77. The minimum atomic E-state index is -0.000305. The van der Waals surface area contributed by atoms with Gasteiger partial charge in [-0.3, -0.25) is 4.79 Å². The smallest absolute Gasteiger partial charge is 0.224 e. The Hall–Kier alpha value is -0.590. The first-order valence-corrected chi connectivity index (χ1v) is 8.24. The van der Waals surface area contributed by atoms with Crippen molar-refractivity contribution in [1.29, 1.82) is 0 Å². The Kier molecular flexibility index (Phi) is 5.46. The molecule has 4 nitrogen and oxygen atoms in total. The van der Waals surface area contributed by atoms with Crippen LogP contribution in [0.4, 0.5) is 11.4 Å². The van der Waals surface area contributed by atoms with Crippen molar-refractivity contribution < 1.29 is 9.53 Å². The molecule has 1 aromatic carbocycles. The number of anilines is 2. The number of hydrogen-bond acceptors (Lipinski definition) is 3. The Balaban J connectivity index is 1.87. The van der Waals surface area contributed by atoms with Crippen LogP contribution in [-0.4, -0.2) is 18.6 Å². The maximum absolute atomic E-state index is 12.0. The molecular formula is C14H18Br2N2O2. The van der Waals surface area contributed by atoms with Crippen LogP contribution >= 0.6 is 31.9 Å². The lowest BCUT2D eigenvalue weighted by molar-refractivity contribution is -0.119. The molecule has 2 rings (SSSR count). The van der Waals surface area contributed by atoms with E-state index in [9.17, 15) is 4.79 Å². The number of carbonyl (C=O) groups excluding carboxylic acids is 1. The largest absolute Gasteiger partial charge is 0.397 e. The zero-order valence-corrected chi connectivity index (χ0v) is 14.5. The van der Waals surface area contributed by atoms with Crippen LogP contribution in [0.25, 0.3) is 0 Å². The number of rotatable bonds is 5. The van der Waals surface area contributed by atoms with E-state index in [0.29, 0.717) is 29.8 Å². The molecule has 1 amide bonds. The van der Waals surface area contributed by atoms with E-state index in [-0.39, 0.29) is 5.91 Å². The molecule has 1 fully saturated rings. The molecule has 3 N–H and O–H groups in total. The molecule has 0 radical (unpaired) electrons. The predicted octanol–water partition coefficient (Wildman–Crippen LogP) is 3.94. The highest BCUT2D eigenvalue weighted by Gasteiger charge is 2.31. The second-order valence-electron chi connectivity index (χ2n) is 5.02. The van der Waals surface area contributed by atoms with Crippen molar-refractivity contribution in [3.63, 3.8) is 0 Å². The third kappa shape index (κ3) is 3.96. The van der Waals surface area contributed by atoms with Crippen molar-refractivity contribution in [3.05, 3.63) is 21.1 Å². The van der Waals surface area contributed by atoms with Crippen LogP contribution in [0.2, 0.25) is 0 Å². The molecule has 0 aliphatic heterocycles. The molecule has 0 heterocycles. The number of ether oxygens (including phenoxy) is 1. The van der Waals surface area contributed by atoms with Crippen molar-refractivity contribution in [2.75, 3.05) is 17.7 Å². The first kappa shape index (κ1) is 15.8. The highest BCUT2D eigenvalue weighted by atomic mass is 79.9. The summed E-state index contributed by atoms with van der Waals surface area (Å²) < 4.78 is 7.14. The highest BCUT2D eigenvalue weighted by Crippen LogP contribution is 2.35.